The van der Waals surface area contributed by atoms with Crippen LogP contribution in [0.3, 0.4) is 0 Å². The van der Waals surface area contributed by atoms with Gasteiger partial charge < -0.3 is 11.3 Å². The molecule has 46 valence electrons. The monoisotopic (exact) mass is 174 g/mol. The van der Waals surface area contributed by atoms with Gasteiger partial charge in [0, 0.05) is 19.5 Å². The minimum atomic E-state index is 0. The molecule has 1 aromatic rings. The van der Waals surface area contributed by atoms with Gasteiger partial charge in [0.25, 0.3) is 0 Å². The van der Waals surface area contributed by atoms with Crippen molar-refractivity contribution >= 4 is 0 Å². The van der Waals surface area contributed by atoms with Crippen LogP contribution < -0.4 is 0 Å². The number of benzene rings is 1. The van der Waals surface area contributed by atoms with Crippen molar-refractivity contribution in [3.05, 3.63) is 36.5 Å². The van der Waals surface area contributed by atoms with Gasteiger partial charge in [-0.2, -0.15) is 0 Å². The molecule has 1 rings (SSSR count). The third-order valence-corrected chi connectivity index (χ3v) is 0.756. The minimum Gasteiger partial charge on any atom is -0.693 e. The van der Waals surface area contributed by atoms with Gasteiger partial charge in [-0.05, 0) is 12.1 Å². The van der Waals surface area contributed by atoms with Crippen LogP contribution in [0.2, 0.25) is 0 Å². The summed E-state index contributed by atoms with van der Waals surface area (Å²) in [7, 11) is 0. The molecule has 0 heterocycles. The third-order valence-electron chi connectivity index (χ3n) is 0.756. The fraction of sp³-hybridized carbons (Fsp3) is 0. The molecule has 0 atom stereocenters. The van der Waals surface area contributed by atoms with E-state index in [0.29, 0.717) is 5.75 Å². The number of phenols is 1. The van der Waals surface area contributed by atoms with E-state index in [1.165, 1.54) is 0 Å². The Hall–Kier alpha value is -0.397. The van der Waals surface area contributed by atoms with Crippen LogP contribution >= 0.6 is 0 Å². The summed E-state index contributed by atoms with van der Waals surface area (Å²) in [4.78, 5) is 0. The Labute approximate surface area is 67.2 Å². The summed E-state index contributed by atoms with van der Waals surface area (Å²) in [6.45, 7) is 0. The van der Waals surface area contributed by atoms with Crippen LogP contribution in [-0.2, 0) is 19.5 Å². The molecular formula is C6H8NOZn-. The van der Waals surface area contributed by atoms with E-state index < -0.39 is 0 Å². The van der Waals surface area contributed by atoms with Gasteiger partial charge in [-0.25, -0.2) is 0 Å². The van der Waals surface area contributed by atoms with Crippen LogP contribution in [0.15, 0.2) is 30.3 Å². The summed E-state index contributed by atoms with van der Waals surface area (Å²) in [6.07, 6.45) is 0. The van der Waals surface area contributed by atoms with Crippen LogP contribution in [0.4, 0.5) is 0 Å². The standard InChI is InChI=1S/C6H6O.H2N.Zn/c7-6-4-2-1-3-5-6;;/h1-5,7H;1H2;/q;-1;. The molecule has 0 saturated carbocycles. The van der Waals surface area contributed by atoms with Crippen molar-refractivity contribution in [2.24, 2.45) is 0 Å². The zero-order valence-electron chi connectivity index (χ0n) is 5.12. The fourth-order valence-corrected chi connectivity index (χ4v) is 0.428. The van der Waals surface area contributed by atoms with Crippen molar-refractivity contribution in [1.29, 1.82) is 0 Å². The molecule has 0 aliphatic rings. The Morgan fingerprint density at radius 2 is 1.44 bits per heavy atom. The predicted octanol–water partition coefficient (Wildman–Crippen LogP) is 2.11. The first kappa shape index (κ1) is 11.4. The molecule has 0 aliphatic heterocycles. The van der Waals surface area contributed by atoms with Crippen LogP contribution in [-0.4, -0.2) is 5.11 Å². The van der Waals surface area contributed by atoms with Gasteiger partial charge >= 0.3 is 0 Å². The molecule has 9 heavy (non-hydrogen) atoms. The fourth-order valence-electron chi connectivity index (χ4n) is 0.428. The molecule has 0 radical (unpaired) electrons. The minimum absolute atomic E-state index is 0. The molecular weight excluding hydrogens is 167 g/mol. The summed E-state index contributed by atoms with van der Waals surface area (Å²) in [5.74, 6) is 0.322. The van der Waals surface area contributed by atoms with Crippen molar-refractivity contribution in [3.63, 3.8) is 0 Å². The van der Waals surface area contributed by atoms with Crippen molar-refractivity contribution in [2.75, 3.05) is 0 Å². The van der Waals surface area contributed by atoms with E-state index in [4.69, 9.17) is 5.11 Å². The number of phenolic OH excluding ortho intramolecular Hbond substituents is 1. The maximum absolute atomic E-state index is 8.63. The Kier molecular flexibility index (Phi) is 7.27. The van der Waals surface area contributed by atoms with Gasteiger partial charge in [-0.15, -0.1) is 0 Å². The van der Waals surface area contributed by atoms with Gasteiger partial charge in [0.15, 0.2) is 0 Å². The van der Waals surface area contributed by atoms with E-state index in [2.05, 4.69) is 0 Å². The first-order valence-electron chi connectivity index (χ1n) is 2.13. The summed E-state index contributed by atoms with van der Waals surface area (Å²) >= 11 is 0. The summed E-state index contributed by atoms with van der Waals surface area (Å²) in [5.41, 5.74) is 0. The summed E-state index contributed by atoms with van der Waals surface area (Å²) < 4.78 is 0. The molecule has 0 unspecified atom stereocenters. The van der Waals surface area contributed by atoms with Gasteiger partial charge in [0.05, 0.1) is 0 Å². The Balaban J connectivity index is 0. The molecule has 0 amide bonds. The SMILES string of the molecule is Oc1ccccc1.[NH2-].[Zn]. The van der Waals surface area contributed by atoms with Crippen molar-refractivity contribution < 1.29 is 24.6 Å². The second-order valence-electron chi connectivity index (χ2n) is 1.34. The average Bonchev–Trinajstić information content (AvgIpc) is 1.69. The van der Waals surface area contributed by atoms with Crippen molar-refractivity contribution in [1.82, 2.24) is 0 Å². The molecule has 0 bridgehead atoms. The number of aromatic hydroxyl groups is 1. The van der Waals surface area contributed by atoms with Crippen molar-refractivity contribution in [3.8, 4) is 5.75 Å². The number of nitrogens with two attached hydrogens (primary N) is 1. The summed E-state index contributed by atoms with van der Waals surface area (Å²) in [6, 6.07) is 8.71. The zero-order chi connectivity index (χ0) is 5.11. The third kappa shape index (κ3) is 4.13. The zero-order valence-corrected chi connectivity index (χ0v) is 8.09. The second kappa shape index (κ2) is 5.73. The Morgan fingerprint density at radius 3 is 1.67 bits per heavy atom. The molecule has 0 spiro atoms. The average molecular weight is 176 g/mol. The van der Waals surface area contributed by atoms with E-state index in [1.807, 2.05) is 6.07 Å². The smallest absolute Gasteiger partial charge is 0.115 e. The Bertz CT molecular complexity index is 143. The molecule has 3 N–H and O–H groups in total. The van der Waals surface area contributed by atoms with E-state index in [1.54, 1.807) is 24.3 Å². The van der Waals surface area contributed by atoms with Crippen LogP contribution in [0.5, 0.6) is 5.75 Å². The van der Waals surface area contributed by atoms with Gasteiger partial charge in [-0.1, -0.05) is 18.2 Å². The van der Waals surface area contributed by atoms with Gasteiger partial charge in [0.1, 0.15) is 5.75 Å². The quantitative estimate of drug-likeness (QED) is 0.603. The number of para-hydroxylation sites is 1. The number of hydrogen-bond acceptors (Lipinski definition) is 1. The first-order chi connectivity index (χ1) is 3.39. The van der Waals surface area contributed by atoms with Crippen molar-refractivity contribution in [2.45, 2.75) is 0 Å². The molecule has 0 saturated heterocycles. The van der Waals surface area contributed by atoms with Crippen LogP contribution in [0.1, 0.15) is 0 Å². The predicted molar refractivity (Wildman–Crippen MR) is 33.4 cm³/mol. The molecule has 2 nitrogen and oxygen atoms in total. The normalized spacial score (nSPS) is 6.67. The molecule has 1 aromatic carbocycles. The van der Waals surface area contributed by atoms with Crippen LogP contribution in [0.25, 0.3) is 6.15 Å². The van der Waals surface area contributed by atoms with E-state index in [9.17, 15) is 0 Å². The van der Waals surface area contributed by atoms with Crippen LogP contribution in [0, 0.1) is 0 Å². The Morgan fingerprint density at radius 1 is 1.00 bits per heavy atom. The number of rotatable bonds is 0. The largest absolute Gasteiger partial charge is 0.693 e. The number of hydrogen-bond donors (Lipinski definition) is 1. The first-order valence-corrected chi connectivity index (χ1v) is 2.13. The molecule has 0 fully saturated rings. The van der Waals surface area contributed by atoms with E-state index in [-0.39, 0.29) is 25.6 Å². The maximum Gasteiger partial charge on any atom is 0.115 e. The topological polar surface area (TPSA) is 53.7 Å². The van der Waals surface area contributed by atoms with Gasteiger partial charge in [-0.3, -0.25) is 0 Å². The molecule has 3 heteroatoms. The molecule has 0 aromatic heterocycles. The van der Waals surface area contributed by atoms with E-state index in [0.717, 1.165) is 0 Å². The maximum atomic E-state index is 8.63. The second-order valence-corrected chi connectivity index (χ2v) is 1.34. The summed E-state index contributed by atoms with van der Waals surface area (Å²) in [5, 5.41) is 8.63. The molecule has 0 aliphatic carbocycles. The van der Waals surface area contributed by atoms with Gasteiger partial charge in [0.2, 0.25) is 0 Å². The van der Waals surface area contributed by atoms with E-state index >= 15 is 0 Å².